The van der Waals surface area contributed by atoms with Crippen LogP contribution in [0.15, 0.2) is 64.0 Å². The van der Waals surface area contributed by atoms with Crippen molar-refractivity contribution in [1.29, 1.82) is 0 Å². The minimum absolute atomic E-state index is 0. The summed E-state index contributed by atoms with van der Waals surface area (Å²) in [6.45, 7) is 0.228. The Balaban J connectivity index is 0.00000225. The Morgan fingerprint density at radius 2 is 1.84 bits per heavy atom. The number of ether oxygens (including phenoxy) is 1. The van der Waals surface area contributed by atoms with Crippen LogP contribution in [0.25, 0.3) is 22.1 Å². The van der Waals surface area contributed by atoms with Crippen LogP contribution in [0.3, 0.4) is 0 Å². The fraction of sp³-hybridized carbons (Fsp3) is 0.111. The molecule has 3 aromatic rings. The van der Waals surface area contributed by atoms with Crippen LogP contribution in [-0.2, 0) is 10.3 Å². The van der Waals surface area contributed by atoms with Gasteiger partial charge >= 0.3 is 29.6 Å². The van der Waals surface area contributed by atoms with Gasteiger partial charge in [-0.15, -0.1) is 0 Å². The molecule has 0 aliphatic heterocycles. The molecule has 25 heavy (non-hydrogen) atoms. The van der Waals surface area contributed by atoms with Gasteiger partial charge in [-0.05, 0) is 17.7 Å². The van der Waals surface area contributed by atoms with Crippen LogP contribution >= 0.6 is 0 Å². The molecule has 5 nitrogen and oxygen atoms in total. The Hall–Kier alpha value is -1.86. The van der Waals surface area contributed by atoms with Crippen molar-refractivity contribution in [2.24, 2.45) is 0 Å². The van der Waals surface area contributed by atoms with Crippen molar-refractivity contribution >= 4 is 56.2 Å². The molecular weight excluding hydrogens is 351 g/mol. The van der Waals surface area contributed by atoms with E-state index >= 15 is 0 Å². The quantitative estimate of drug-likeness (QED) is 0.393. The van der Waals surface area contributed by atoms with Gasteiger partial charge in [0.2, 0.25) is 10.3 Å². The van der Waals surface area contributed by atoms with E-state index in [0.717, 1.165) is 10.9 Å². The Morgan fingerprint density at radius 3 is 2.56 bits per heavy atom. The van der Waals surface area contributed by atoms with Crippen molar-refractivity contribution in [1.82, 2.24) is 0 Å². The molecule has 0 unspecified atom stereocenters. The summed E-state index contributed by atoms with van der Waals surface area (Å²) in [7, 11) is -2.18. The van der Waals surface area contributed by atoms with Gasteiger partial charge in [0.25, 0.3) is 0 Å². The minimum atomic E-state index is -2.18. The van der Waals surface area contributed by atoms with E-state index in [0.29, 0.717) is 22.3 Å². The topological polar surface area (TPSA) is 73.6 Å². The van der Waals surface area contributed by atoms with E-state index in [9.17, 15) is 13.2 Å². The van der Waals surface area contributed by atoms with E-state index in [1.807, 2.05) is 30.3 Å². The number of fused-ring (bicyclic) bond motifs is 1. The molecule has 0 bridgehead atoms. The molecule has 0 amide bonds. The zero-order chi connectivity index (χ0) is 16.9. The third-order valence-corrected chi connectivity index (χ3v) is 3.98. The molecule has 124 valence electrons. The predicted molar refractivity (Wildman–Crippen MR) is 100 cm³/mol. The molecule has 0 aliphatic rings. The molecule has 0 aliphatic carbocycles. The number of rotatable bonds is 5. The fourth-order valence-corrected chi connectivity index (χ4v) is 2.63. The van der Waals surface area contributed by atoms with E-state index in [2.05, 4.69) is 0 Å². The van der Waals surface area contributed by atoms with Crippen LogP contribution in [0.4, 0.5) is 0 Å². The maximum absolute atomic E-state index is 12.6. The second kappa shape index (κ2) is 9.01. The second-order valence-electron chi connectivity index (χ2n) is 5.07. The van der Waals surface area contributed by atoms with Crippen molar-refractivity contribution in [2.45, 2.75) is 6.42 Å². The van der Waals surface area contributed by atoms with Gasteiger partial charge in [0.05, 0.1) is 17.6 Å². The number of hydrogen-bond acceptors (Lipinski definition) is 5. The van der Waals surface area contributed by atoms with Crippen LogP contribution in [0.2, 0.25) is 0 Å². The number of hydrogen-bond donors (Lipinski definition) is 0. The summed E-state index contributed by atoms with van der Waals surface area (Å²) < 4.78 is 31.9. The maximum atomic E-state index is 12.6. The molecule has 0 saturated heterocycles. The van der Waals surface area contributed by atoms with Gasteiger partial charge < -0.3 is 9.15 Å². The van der Waals surface area contributed by atoms with Crippen molar-refractivity contribution in [2.75, 3.05) is 6.61 Å². The van der Waals surface area contributed by atoms with Gasteiger partial charge in [-0.1, -0.05) is 30.3 Å². The van der Waals surface area contributed by atoms with Gasteiger partial charge in [0.15, 0.2) is 5.43 Å². The standard InChI is InChI=1S/C18H14O5S.Na.H/c19-18-15-8-7-14(22-9-4-10-24(20)21)11-17(15)23-12-16(18)13-5-2-1-3-6-13;;/h1-3,5-8,10-12H,4,9H2;;. The van der Waals surface area contributed by atoms with Crippen LogP contribution in [0.5, 0.6) is 5.75 Å². The van der Waals surface area contributed by atoms with E-state index in [-0.39, 0.29) is 48.0 Å². The molecule has 7 heteroatoms. The first kappa shape index (κ1) is 19.5. The SMILES string of the molecule is O=c1c(-c2ccccc2)coc2cc(OCCC=S(=O)=O)ccc12.[NaH]. The number of benzene rings is 2. The van der Waals surface area contributed by atoms with Gasteiger partial charge in [0.1, 0.15) is 17.6 Å². The summed E-state index contributed by atoms with van der Waals surface area (Å²) in [6, 6.07) is 14.3. The second-order valence-corrected chi connectivity index (χ2v) is 5.92. The van der Waals surface area contributed by atoms with Crippen LogP contribution < -0.4 is 10.2 Å². The van der Waals surface area contributed by atoms with Gasteiger partial charge in [-0.2, -0.15) is 8.42 Å². The summed E-state index contributed by atoms with van der Waals surface area (Å²) in [5.41, 5.74) is 1.62. The summed E-state index contributed by atoms with van der Waals surface area (Å²) in [5, 5.41) is 1.60. The zero-order valence-electron chi connectivity index (χ0n) is 12.6. The first-order chi connectivity index (χ1) is 11.6. The predicted octanol–water partition coefficient (Wildman–Crippen LogP) is 2.26. The normalized spacial score (nSPS) is 10.1. The van der Waals surface area contributed by atoms with Crippen LogP contribution in [-0.4, -0.2) is 49.9 Å². The third-order valence-electron chi connectivity index (χ3n) is 3.47. The van der Waals surface area contributed by atoms with Crippen LogP contribution in [0, 0.1) is 0 Å². The summed E-state index contributed by atoms with van der Waals surface area (Å²) in [6.07, 6.45) is 1.73. The Labute approximate surface area is 168 Å². The molecule has 0 saturated carbocycles. The van der Waals surface area contributed by atoms with E-state index in [4.69, 9.17) is 9.15 Å². The fourth-order valence-electron chi connectivity index (χ4n) is 2.34. The zero-order valence-corrected chi connectivity index (χ0v) is 13.5. The van der Waals surface area contributed by atoms with Gasteiger partial charge in [-0.3, -0.25) is 4.79 Å². The van der Waals surface area contributed by atoms with Gasteiger partial charge in [-0.25, -0.2) is 0 Å². The third kappa shape index (κ3) is 4.83. The Kier molecular flexibility index (Phi) is 7.01. The first-order valence-corrected chi connectivity index (χ1v) is 8.44. The van der Waals surface area contributed by atoms with E-state index < -0.39 is 10.3 Å². The molecule has 3 rings (SSSR count). The average Bonchev–Trinajstić information content (AvgIpc) is 2.59. The Morgan fingerprint density at radius 1 is 1.08 bits per heavy atom. The average molecular weight is 366 g/mol. The van der Waals surface area contributed by atoms with Crippen molar-refractivity contribution in [3.63, 3.8) is 0 Å². The molecular formula is C18H15NaO5S. The van der Waals surface area contributed by atoms with Crippen molar-refractivity contribution in [3.8, 4) is 16.9 Å². The molecule has 1 heterocycles. The van der Waals surface area contributed by atoms with E-state index in [1.165, 1.54) is 6.26 Å². The Bertz CT molecular complexity index is 1050. The molecule has 1 aromatic heterocycles. The summed E-state index contributed by atoms with van der Waals surface area (Å²) in [4.78, 5) is 12.6. The van der Waals surface area contributed by atoms with E-state index in [1.54, 1.807) is 18.2 Å². The molecule has 0 radical (unpaired) electrons. The van der Waals surface area contributed by atoms with Crippen LogP contribution in [0.1, 0.15) is 6.42 Å². The molecule has 0 atom stereocenters. The van der Waals surface area contributed by atoms with Gasteiger partial charge in [0, 0.05) is 17.9 Å². The molecule has 0 N–H and O–H groups in total. The summed E-state index contributed by atoms with van der Waals surface area (Å²) >= 11 is 0. The van der Waals surface area contributed by atoms with Crippen molar-refractivity contribution in [3.05, 3.63) is 65.0 Å². The molecule has 2 aromatic carbocycles. The van der Waals surface area contributed by atoms with Crippen molar-refractivity contribution < 1.29 is 17.6 Å². The molecule has 0 fully saturated rings. The monoisotopic (exact) mass is 366 g/mol. The molecule has 0 spiro atoms. The summed E-state index contributed by atoms with van der Waals surface area (Å²) in [5.74, 6) is 0.517. The first-order valence-electron chi connectivity index (χ1n) is 7.30.